The Morgan fingerprint density at radius 3 is 2.44 bits per heavy atom. The standard InChI is InChI=1S/C14H11NO/c15-13-8-12-10(7-14(13)16)6-5-9-3-1-2-4-11(9)12/h1-8,16H,15H2. The van der Waals surface area contributed by atoms with Crippen molar-refractivity contribution in [2.24, 2.45) is 0 Å². The summed E-state index contributed by atoms with van der Waals surface area (Å²) in [6, 6.07) is 15.7. The van der Waals surface area contributed by atoms with E-state index in [-0.39, 0.29) is 5.75 Å². The molecule has 0 saturated carbocycles. The van der Waals surface area contributed by atoms with Gasteiger partial charge in [0.05, 0.1) is 5.69 Å². The average molecular weight is 209 g/mol. The number of phenolic OH excluding ortho intramolecular Hbond substituents is 1. The van der Waals surface area contributed by atoms with Gasteiger partial charge in [-0.25, -0.2) is 0 Å². The van der Waals surface area contributed by atoms with E-state index in [1.54, 1.807) is 6.07 Å². The number of hydrogen-bond donors (Lipinski definition) is 2. The van der Waals surface area contributed by atoms with E-state index >= 15 is 0 Å². The molecule has 0 aromatic heterocycles. The predicted molar refractivity (Wildman–Crippen MR) is 67.5 cm³/mol. The molecule has 0 aliphatic carbocycles. The van der Waals surface area contributed by atoms with Crippen LogP contribution in [-0.4, -0.2) is 5.11 Å². The maximum absolute atomic E-state index is 9.56. The van der Waals surface area contributed by atoms with E-state index < -0.39 is 0 Å². The third kappa shape index (κ3) is 1.20. The summed E-state index contributed by atoms with van der Waals surface area (Å²) in [6.07, 6.45) is 0. The van der Waals surface area contributed by atoms with Crippen molar-refractivity contribution in [3.05, 3.63) is 48.5 Å². The Labute approximate surface area is 92.9 Å². The van der Waals surface area contributed by atoms with E-state index in [4.69, 9.17) is 5.73 Å². The topological polar surface area (TPSA) is 46.2 Å². The quantitative estimate of drug-likeness (QED) is 0.339. The van der Waals surface area contributed by atoms with Crippen LogP contribution in [0.5, 0.6) is 5.75 Å². The minimum atomic E-state index is 0.141. The monoisotopic (exact) mass is 209 g/mol. The van der Waals surface area contributed by atoms with Crippen LogP contribution >= 0.6 is 0 Å². The molecule has 0 saturated heterocycles. The summed E-state index contributed by atoms with van der Waals surface area (Å²) in [5.74, 6) is 0.141. The molecule has 0 aliphatic rings. The fourth-order valence-corrected chi connectivity index (χ4v) is 2.06. The first-order valence-corrected chi connectivity index (χ1v) is 5.16. The van der Waals surface area contributed by atoms with Crippen LogP contribution in [0.1, 0.15) is 0 Å². The average Bonchev–Trinajstić information content (AvgIpc) is 2.31. The molecule has 0 radical (unpaired) electrons. The van der Waals surface area contributed by atoms with Crippen molar-refractivity contribution in [2.75, 3.05) is 5.73 Å². The lowest BCUT2D eigenvalue weighted by Crippen LogP contribution is -1.86. The summed E-state index contributed by atoms with van der Waals surface area (Å²) >= 11 is 0. The largest absolute Gasteiger partial charge is 0.506 e. The van der Waals surface area contributed by atoms with Crippen molar-refractivity contribution in [3.63, 3.8) is 0 Å². The number of fused-ring (bicyclic) bond motifs is 3. The minimum Gasteiger partial charge on any atom is -0.506 e. The summed E-state index contributed by atoms with van der Waals surface area (Å²) in [6.45, 7) is 0. The van der Waals surface area contributed by atoms with Crippen LogP contribution in [0.4, 0.5) is 5.69 Å². The fourth-order valence-electron chi connectivity index (χ4n) is 2.06. The zero-order chi connectivity index (χ0) is 11.1. The first-order valence-electron chi connectivity index (χ1n) is 5.16. The van der Waals surface area contributed by atoms with E-state index in [0.717, 1.165) is 16.2 Å². The van der Waals surface area contributed by atoms with Gasteiger partial charge in [0.15, 0.2) is 0 Å². The van der Waals surface area contributed by atoms with Crippen LogP contribution in [0.2, 0.25) is 0 Å². The van der Waals surface area contributed by atoms with E-state index in [2.05, 4.69) is 12.1 Å². The summed E-state index contributed by atoms with van der Waals surface area (Å²) in [4.78, 5) is 0. The molecule has 3 N–H and O–H groups in total. The molecular weight excluding hydrogens is 198 g/mol. The summed E-state index contributed by atoms with van der Waals surface area (Å²) < 4.78 is 0. The number of nitrogens with two attached hydrogens (primary N) is 1. The zero-order valence-corrected chi connectivity index (χ0v) is 8.64. The van der Waals surface area contributed by atoms with E-state index in [9.17, 15) is 5.11 Å². The molecule has 0 unspecified atom stereocenters. The summed E-state index contributed by atoms with van der Waals surface area (Å²) in [5, 5.41) is 14.0. The van der Waals surface area contributed by atoms with Gasteiger partial charge in [-0.15, -0.1) is 0 Å². The number of hydrogen-bond acceptors (Lipinski definition) is 2. The normalized spacial score (nSPS) is 11.0. The molecule has 0 spiro atoms. The number of benzene rings is 3. The predicted octanol–water partition coefficient (Wildman–Crippen LogP) is 3.28. The van der Waals surface area contributed by atoms with Crippen molar-refractivity contribution in [1.29, 1.82) is 0 Å². The van der Waals surface area contributed by atoms with Gasteiger partial charge in [-0.2, -0.15) is 0 Å². The highest BCUT2D eigenvalue weighted by molar-refractivity contribution is 6.09. The second-order valence-electron chi connectivity index (χ2n) is 3.92. The highest BCUT2D eigenvalue weighted by Gasteiger charge is 2.03. The second-order valence-corrected chi connectivity index (χ2v) is 3.92. The Bertz CT molecular complexity index is 689. The maximum atomic E-state index is 9.56. The molecule has 78 valence electrons. The van der Waals surface area contributed by atoms with Gasteiger partial charge in [0.1, 0.15) is 5.75 Å². The second kappa shape index (κ2) is 3.14. The maximum Gasteiger partial charge on any atom is 0.139 e. The lowest BCUT2D eigenvalue weighted by molar-refractivity contribution is 0.479. The Balaban J connectivity index is 2.55. The van der Waals surface area contributed by atoms with Gasteiger partial charge in [-0.1, -0.05) is 36.4 Å². The van der Waals surface area contributed by atoms with E-state index in [1.165, 1.54) is 5.39 Å². The van der Waals surface area contributed by atoms with Crippen molar-refractivity contribution in [2.45, 2.75) is 0 Å². The third-order valence-electron chi connectivity index (χ3n) is 2.89. The molecule has 0 fully saturated rings. The smallest absolute Gasteiger partial charge is 0.139 e. The van der Waals surface area contributed by atoms with Gasteiger partial charge in [-0.3, -0.25) is 0 Å². The van der Waals surface area contributed by atoms with Gasteiger partial charge in [0, 0.05) is 0 Å². The van der Waals surface area contributed by atoms with Crippen LogP contribution < -0.4 is 5.73 Å². The zero-order valence-electron chi connectivity index (χ0n) is 8.64. The Morgan fingerprint density at radius 1 is 0.812 bits per heavy atom. The summed E-state index contributed by atoms with van der Waals surface area (Å²) in [5.41, 5.74) is 6.15. The fraction of sp³-hybridized carbons (Fsp3) is 0. The number of aromatic hydroxyl groups is 1. The van der Waals surface area contributed by atoms with Gasteiger partial charge in [0.25, 0.3) is 0 Å². The van der Waals surface area contributed by atoms with E-state index in [0.29, 0.717) is 5.69 Å². The van der Waals surface area contributed by atoms with Crippen LogP contribution in [0.15, 0.2) is 48.5 Å². The SMILES string of the molecule is Nc1cc2c(ccc3ccccc32)cc1O. The summed E-state index contributed by atoms with van der Waals surface area (Å²) in [7, 11) is 0. The van der Waals surface area contributed by atoms with Gasteiger partial charge in [-0.05, 0) is 33.7 Å². The molecule has 0 heterocycles. The molecule has 16 heavy (non-hydrogen) atoms. The van der Waals surface area contributed by atoms with Crippen molar-refractivity contribution in [3.8, 4) is 5.75 Å². The Kier molecular flexibility index (Phi) is 1.77. The number of anilines is 1. The van der Waals surface area contributed by atoms with Gasteiger partial charge >= 0.3 is 0 Å². The molecule has 3 aromatic rings. The molecule has 3 aromatic carbocycles. The third-order valence-corrected chi connectivity index (χ3v) is 2.89. The number of phenols is 1. The highest BCUT2D eigenvalue weighted by Crippen LogP contribution is 2.31. The molecule has 0 bridgehead atoms. The molecular formula is C14H11NO. The molecule has 0 atom stereocenters. The lowest BCUT2D eigenvalue weighted by Gasteiger charge is -2.06. The number of rotatable bonds is 0. The molecule has 2 heteroatoms. The van der Waals surface area contributed by atoms with Gasteiger partial charge in [0.2, 0.25) is 0 Å². The first kappa shape index (κ1) is 9.04. The van der Waals surface area contributed by atoms with Crippen LogP contribution in [0, 0.1) is 0 Å². The minimum absolute atomic E-state index is 0.141. The Hall–Kier alpha value is -2.22. The van der Waals surface area contributed by atoms with Crippen LogP contribution in [0.3, 0.4) is 0 Å². The molecule has 0 aliphatic heterocycles. The van der Waals surface area contributed by atoms with Crippen molar-refractivity contribution >= 4 is 27.2 Å². The first-order chi connectivity index (χ1) is 7.75. The number of nitrogen functional groups attached to an aromatic ring is 1. The van der Waals surface area contributed by atoms with Crippen LogP contribution in [-0.2, 0) is 0 Å². The Morgan fingerprint density at radius 2 is 1.56 bits per heavy atom. The van der Waals surface area contributed by atoms with E-state index in [1.807, 2.05) is 30.3 Å². The van der Waals surface area contributed by atoms with Crippen molar-refractivity contribution in [1.82, 2.24) is 0 Å². The highest BCUT2D eigenvalue weighted by atomic mass is 16.3. The molecule has 0 amide bonds. The van der Waals surface area contributed by atoms with Gasteiger partial charge < -0.3 is 10.8 Å². The van der Waals surface area contributed by atoms with Crippen molar-refractivity contribution < 1.29 is 5.11 Å². The molecule has 2 nitrogen and oxygen atoms in total. The van der Waals surface area contributed by atoms with Crippen LogP contribution in [0.25, 0.3) is 21.5 Å². The lowest BCUT2D eigenvalue weighted by atomic mass is 10.0. The molecule has 3 rings (SSSR count).